The van der Waals surface area contributed by atoms with E-state index in [-0.39, 0.29) is 0 Å². The Kier molecular flexibility index (Phi) is 7.75. The van der Waals surface area contributed by atoms with Gasteiger partial charge in [-0.1, -0.05) is 146 Å². The first kappa shape index (κ1) is 33.7. The van der Waals surface area contributed by atoms with Crippen molar-refractivity contribution in [3.05, 3.63) is 218 Å². The van der Waals surface area contributed by atoms with Gasteiger partial charge in [-0.15, -0.1) is 11.3 Å². The molecule has 10 aromatic carbocycles. The lowest BCUT2D eigenvalue weighted by atomic mass is 9.98. The van der Waals surface area contributed by atoms with Crippen LogP contribution in [0.2, 0.25) is 0 Å². The Labute approximate surface area is 346 Å². The molecule has 0 unspecified atom stereocenters. The lowest BCUT2D eigenvalue weighted by Crippen LogP contribution is -2.10. The quantitative estimate of drug-likeness (QED) is 0.153. The van der Waals surface area contributed by atoms with E-state index in [1.54, 1.807) is 0 Å². The van der Waals surface area contributed by atoms with Gasteiger partial charge in [0.05, 0.1) is 11.0 Å². The predicted molar refractivity (Wildman–Crippen MR) is 254 cm³/mol. The fourth-order valence-electron chi connectivity index (χ4n) is 9.29. The van der Waals surface area contributed by atoms with Gasteiger partial charge in [-0.3, -0.25) is 0 Å². The Hall–Kier alpha value is -7.46. The van der Waals surface area contributed by atoms with E-state index in [1.807, 2.05) is 11.3 Å². The number of anilines is 3. The average Bonchev–Trinajstić information content (AvgIpc) is 3.86. The molecule has 12 aromatic rings. The second-order valence-corrected chi connectivity index (χ2v) is 16.4. The molecule has 59 heavy (non-hydrogen) atoms. The molecule has 2 nitrogen and oxygen atoms in total. The highest BCUT2D eigenvalue weighted by molar-refractivity contribution is 7.25. The van der Waals surface area contributed by atoms with E-state index in [0.717, 1.165) is 22.7 Å². The van der Waals surface area contributed by atoms with Crippen LogP contribution in [0.1, 0.15) is 0 Å². The van der Waals surface area contributed by atoms with E-state index in [2.05, 4.69) is 228 Å². The molecule has 0 spiro atoms. The van der Waals surface area contributed by atoms with Crippen molar-refractivity contribution in [1.82, 2.24) is 4.57 Å². The Morgan fingerprint density at radius 3 is 1.64 bits per heavy atom. The standard InChI is InChI=1S/C56H36N2S/c1-2-13-41(14-3-1)58-51-20-8-6-16-48(51)55-46(18-10-21-52(55)58)38-26-31-42(32-27-38)57(44-35-30-40-25-24-37-12-4-5-15-45(37)50(40)36-44)43-33-28-39(29-34-43)47-19-11-23-54-56(47)49-17-7-9-22-53(49)59-54/h1-36H. The molecular formula is C56H36N2S. The van der Waals surface area contributed by atoms with E-state index < -0.39 is 0 Å². The van der Waals surface area contributed by atoms with Crippen LogP contribution in [0.5, 0.6) is 0 Å². The smallest absolute Gasteiger partial charge is 0.0547 e. The van der Waals surface area contributed by atoms with Gasteiger partial charge in [-0.25, -0.2) is 0 Å². The van der Waals surface area contributed by atoms with Crippen LogP contribution >= 0.6 is 11.3 Å². The maximum absolute atomic E-state index is 2.40. The second kappa shape index (κ2) is 13.6. The van der Waals surface area contributed by atoms with Gasteiger partial charge in [0.25, 0.3) is 0 Å². The van der Waals surface area contributed by atoms with Crippen LogP contribution in [0.3, 0.4) is 0 Å². The average molecular weight is 769 g/mol. The van der Waals surface area contributed by atoms with Crippen molar-refractivity contribution < 1.29 is 0 Å². The zero-order chi connectivity index (χ0) is 38.9. The van der Waals surface area contributed by atoms with Gasteiger partial charge < -0.3 is 9.47 Å². The normalized spacial score (nSPS) is 11.7. The third kappa shape index (κ3) is 5.47. The molecule has 0 aliphatic rings. The highest BCUT2D eigenvalue weighted by atomic mass is 32.1. The van der Waals surface area contributed by atoms with Crippen LogP contribution in [0.4, 0.5) is 17.1 Å². The molecule has 0 aliphatic heterocycles. The number of fused-ring (bicyclic) bond motifs is 9. The molecule has 0 aliphatic carbocycles. The molecule has 2 aromatic heterocycles. The van der Waals surface area contributed by atoms with Crippen LogP contribution in [-0.2, 0) is 0 Å². The topological polar surface area (TPSA) is 8.17 Å². The molecule has 12 rings (SSSR count). The van der Waals surface area contributed by atoms with Gasteiger partial charge in [0, 0.05) is 53.7 Å². The van der Waals surface area contributed by atoms with Crippen molar-refractivity contribution in [3.63, 3.8) is 0 Å². The minimum absolute atomic E-state index is 1.10. The molecule has 0 amide bonds. The number of hydrogen-bond acceptors (Lipinski definition) is 2. The summed E-state index contributed by atoms with van der Waals surface area (Å²) in [5, 5.41) is 10.2. The molecular weight excluding hydrogens is 733 g/mol. The Bertz CT molecular complexity index is 3540. The van der Waals surface area contributed by atoms with Crippen LogP contribution in [0.15, 0.2) is 218 Å². The van der Waals surface area contributed by atoms with Crippen molar-refractivity contribution in [2.75, 3.05) is 4.90 Å². The molecule has 0 saturated carbocycles. The number of nitrogens with zero attached hydrogens (tertiary/aromatic N) is 2. The van der Waals surface area contributed by atoms with Gasteiger partial charge >= 0.3 is 0 Å². The minimum Gasteiger partial charge on any atom is -0.310 e. The minimum atomic E-state index is 1.10. The molecule has 0 fully saturated rings. The summed E-state index contributed by atoms with van der Waals surface area (Å²) in [4.78, 5) is 2.40. The monoisotopic (exact) mass is 768 g/mol. The third-order valence-corrected chi connectivity index (χ3v) is 13.1. The summed E-state index contributed by atoms with van der Waals surface area (Å²) in [6.07, 6.45) is 0. The van der Waals surface area contributed by atoms with Gasteiger partial charge in [0.2, 0.25) is 0 Å². The van der Waals surface area contributed by atoms with Gasteiger partial charge in [0.15, 0.2) is 0 Å². The third-order valence-electron chi connectivity index (χ3n) is 12.0. The molecule has 276 valence electrons. The fraction of sp³-hybridized carbons (Fsp3) is 0. The predicted octanol–water partition coefficient (Wildman–Crippen LogP) is 16.3. The molecule has 3 heteroatoms. The van der Waals surface area contributed by atoms with Crippen LogP contribution in [-0.4, -0.2) is 4.57 Å². The first-order valence-electron chi connectivity index (χ1n) is 20.2. The van der Waals surface area contributed by atoms with Crippen LogP contribution < -0.4 is 4.90 Å². The maximum atomic E-state index is 2.40. The van der Waals surface area contributed by atoms with Gasteiger partial charge in [0.1, 0.15) is 0 Å². The zero-order valence-electron chi connectivity index (χ0n) is 32.1. The largest absolute Gasteiger partial charge is 0.310 e. The molecule has 0 bridgehead atoms. The summed E-state index contributed by atoms with van der Waals surface area (Å²) in [5.74, 6) is 0. The van der Waals surface area contributed by atoms with E-state index in [0.29, 0.717) is 0 Å². The summed E-state index contributed by atoms with van der Waals surface area (Å²) >= 11 is 1.87. The number of benzene rings is 10. The summed E-state index contributed by atoms with van der Waals surface area (Å²) in [7, 11) is 0. The summed E-state index contributed by atoms with van der Waals surface area (Å²) in [6.45, 7) is 0. The molecule has 0 atom stereocenters. The molecule has 0 radical (unpaired) electrons. The van der Waals surface area contributed by atoms with Gasteiger partial charge in [-0.05, 0) is 117 Å². The maximum Gasteiger partial charge on any atom is 0.0547 e. The highest BCUT2D eigenvalue weighted by Gasteiger charge is 2.19. The van der Waals surface area contributed by atoms with E-state index in [9.17, 15) is 0 Å². The zero-order valence-corrected chi connectivity index (χ0v) is 32.9. The summed E-state index contributed by atoms with van der Waals surface area (Å²) in [6, 6.07) is 79.9. The van der Waals surface area contributed by atoms with Gasteiger partial charge in [-0.2, -0.15) is 0 Å². The highest BCUT2D eigenvalue weighted by Crippen LogP contribution is 2.44. The lowest BCUT2D eigenvalue weighted by molar-refractivity contribution is 1.18. The Morgan fingerprint density at radius 2 is 0.881 bits per heavy atom. The number of aromatic nitrogens is 1. The van der Waals surface area contributed by atoms with Crippen molar-refractivity contribution in [2.24, 2.45) is 0 Å². The fourth-order valence-corrected chi connectivity index (χ4v) is 10.4. The van der Waals surface area contributed by atoms with Crippen LogP contribution in [0.25, 0.3) is 91.5 Å². The Morgan fingerprint density at radius 1 is 0.339 bits per heavy atom. The van der Waals surface area contributed by atoms with Crippen molar-refractivity contribution in [2.45, 2.75) is 0 Å². The van der Waals surface area contributed by atoms with Crippen molar-refractivity contribution in [1.29, 1.82) is 0 Å². The molecule has 0 saturated heterocycles. The number of hydrogen-bond donors (Lipinski definition) is 0. The SMILES string of the molecule is c1ccc(-n2c3ccccc3c3c(-c4ccc(N(c5ccc(-c6cccc7sc8ccccc8c67)cc5)c5ccc6ccc7ccccc7c6c5)cc4)cccc32)cc1. The Balaban J connectivity index is 1.01. The first-order chi connectivity index (χ1) is 29.3. The van der Waals surface area contributed by atoms with Crippen LogP contribution in [0, 0.1) is 0 Å². The number of thiophene rings is 1. The molecule has 0 N–H and O–H groups in total. The first-order valence-corrected chi connectivity index (χ1v) is 21.0. The second-order valence-electron chi connectivity index (χ2n) is 15.3. The number of rotatable bonds is 6. The number of para-hydroxylation sites is 2. The summed E-state index contributed by atoms with van der Waals surface area (Å²) in [5.41, 5.74) is 11.8. The lowest BCUT2D eigenvalue weighted by Gasteiger charge is -2.26. The van der Waals surface area contributed by atoms with E-state index in [1.165, 1.54) is 85.8 Å². The van der Waals surface area contributed by atoms with Crippen molar-refractivity contribution >= 4 is 91.9 Å². The summed E-state index contributed by atoms with van der Waals surface area (Å²) < 4.78 is 5.03. The van der Waals surface area contributed by atoms with Crippen molar-refractivity contribution in [3.8, 4) is 27.9 Å². The molecule has 2 heterocycles. The van der Waals surface area contributed by atoms with E-state index >= 15 is 0 Å². The van der Waals surface area contributed by atoms with E-state index in [4.69, 9.17) is 0 Å².